The molecule has 0 unspecified atom stereocenters. The number of para-hydroxylation sites is 1. The molecule has 10 aromatic carbocycles. The number of fused-ring (bicyclic) bond motifs is 6. The Kier molecular flexibility index (Phi) is 10.8. The van der Waals surface area contributed by atoms with Crippen molar-refractivity contribution in [2.24, 2.45) is 0 Å². The Morgan fingerprint density at radius 1 is 0.400 bits per heavy atom. The monoisotopic (exact) mass is 894 g/mol. The molecule has 0 saturated heterocycles. The average molecular weight is 895 g/mol. The maximum atomic E-state index is 4.01. The summed E-state index contributed by atoms with van der Waals surface area (Å²) in [6.45, 7) is 6.24. The topological polar surface area (TPSA) is 6.48 Å². The van der Waals surface area contributed by atoms with E-state index in [2.05, 4.69) is 284 Å². The van der Waals surface area contributed by atoms with Gasteiger partial charge in [0.15, 0.2) is 0 Å². The van der Waals surface area contributed by atoms with Gasteiger partial charge in [-0.15, -0.1) is 0 Å². The van der Waals surface area contributed by atoms with Crippen molar-refractivity contribution in [3.05, 3.63) is 313 Å². The van der Waals surface area contributed by atoms with Crippen LogP contribution in [0.25, 0.3) is 50.1 Å². The maximum Gasteiger partial charge on any atom is 0.0714 e. The van der Waals surface area contributed by atoms with E-state index in [0.29, 0.717) is 0 Å². The van der Waals surface area contributed by atoms with Crippen molar-refractivity contribution in [1.82, 2.24) is 0 Å². The van der Waals surface area contributed by atoms with Crippen LogP contribution in [-0.2, 0) is 5.41 Å². The molecule has 1 aliphatic carbocycles. The van der Waals surface area contributed by atoms with Gasteiger partial charge in [0.2, 0.25) is 0 Å². The number of nitrogens with zero attached hydrogens (tertiary/aromatic N) is 2. The molecule has 0 saturated carbocycles. The first-order valence-electron chi connectivity index (χ1n) is 24.1. The number of allylic oxidation sites excluding steroid dienone is 4. The van der Waals surface area contributed by atoms with E-state index >= 15 is 0 Å². The fourth-order valence-electron chi connectivity index (χ4n) is 11.1. The Balaban J connectivity index is 1.01. The van der Waals surface area contributed by atoms with Gasteiger partial charge in [-0.25, -0.2) is 0 Å². The summed E-state index contributed by atoms with van der Waals surface area (Å²) >= 11 is 0. The lowest BCUT2D eigenvalue weighted by atomic mass is 9.67. The van der Waals surface area contributed by atoms with E-state index in [0.717, 1.165) is 45.3 Å². The van der Waals surface area contributed by atoms with Crippen LogP contribution in [0.4, 0.5) is 28.4 Å². The van der Waals surface area contributed by atoms with Gasteiger partial charge in [0.05, 0.1) is 11.1 Å². The molecule has 2 nitrogen and oxygen atoms in total. The third kappa shape index (κ3) is 7.12. The van der Waals surface area contributed by atoms with Crippen LogP contribution >= 0.6 is 0 Å². The molecule has 0 amide bonds. The van der Waals surface area contributed by atoms with Gasteiger partial charge >= 0.3 is 0 Å². The summed E-state index contributed by atoms with van der Waals surface area (Å²) in [7, 11) is 0. The lowest BCUT2D eigenvalue weighted by Crippen LogP contribution is -2.28. The Morgan fingerprint density at radius 3 is 1.51 bits per heavy atom. The molecule has 332 valence electrons. The summed E-state index contributed by atoms with van der Waals surface area (Å²) in [5.41, 5.74) is 23.2. The molecule has 0 fully saturated rings. The van der Waals surface area contributed by atoms with Gasteiger partial charge in [-0.2, -0.15) is 0 Å². The van der Waals surface area contributed by atoms with Gasteiger partial charge in [0.25, 0.3) is 0 Å². The summed E-state index contributed by atoms with van der Waals surface area (Å²) in [5, 5.41) is 0. The third-order valence-corrected chi connectivity index (χ3v) is 14.3. The molecule has 0 spiro atoms. The average Bonchev–Trinajstić information content (AvgIpc) is 3.68. The van der Waals surface area contributed by atoms with Crippen LogP contribution in [0, 0.1) is 0 Å². The number of rotatable bonds is 10. The summed E-state index contributed by atoms with van der Waals surface area (Å²) in [5.74, 6) is 0. The molecule has 0 aromatic heterocycles. The molecular formula is C68H50N2. The molecule has 1 aliphatic heterocycles. The SMILES string of the molecule is C=C/C=C\C1=C(C)c2ccccc2-c2cc(-c3ccc(N(c4ccc(-c5ccccc5)cc4)c4ccc5c(c4)C(c4ccccc4)(c4ccccc4)c4ccccc4-5)cc3)ccc2N1c1ccccc1. The Hall–Kier alpha value is -8.98. The number of anilines is 5. The van der Waals surface area contributed by atoms with Crippen LogP contribution in [0.2, 0.25) is 0 Å². The normalized spacial score (nSPS) is 13.2. The van der Waals surface area contributed by atoms with Crippen LogP contribution in [0.3, 0.4) is 0 Å². The van der Waals surface area contributed by atoms with E-state index in [4.69, 9.17) is 0 Å². The highest BCUT2D eigenvalue weighted by molar-refractivity contribution is 5.98. The highest BCUT2D eigenvalue weighted by atomic mass is 15.2. The maximum absolute atomic E-state index is 4.01. The molecule has 70 heavy (non-hydrogen) atoms. The predicted octanol–water partition coefficient (Wildman–Crippen LogP) is 18.1. The first-order valence-corrected chi connectivity index (χ1v) is 24.1. The second-order valence-electron chi connectivity index (χ2n) is 18.1. The van der Waals surface area contributed by atoms with E-state index in [1.54, 1.807) is 0 Å². The minimum absolute atomic E-state index is 0.520. The van der Waals surface area contributed by atoms with Crippen LogP contribution in [0.1, 0.15) is 34.7 Å². The third-order valence-electron chi connectivity index (χ3n) is 14.3. The molecule has 0 radical (unpaired) electrons. The highest BCUT2D eigenvalue weighted by Crippen LogP contribution is 2.57. The van der Waals surface area contributed by atoms with E-state index < -0.39 is 5.41 Å². The van der Waals surface area contributed by atoms with Gasteiger partial charge in [-0.3, -0.25) is 0 Å². The number of hydrogen-bond donors (Lipinski definition) is 0. The number of hydrogen-bond acceptors (Lipinski definition) is 2. The van der Waals surface area contributed by atoms with Crippen LogP contribution in [0.5, 0.6) is 0 Å². The molecule has 1 heterocycles. The van der Waals surface area contributed by atoms with Crippen molar-refractivity contribution >= 4 is 34.0 Å². The van der Waals surface area contributed by atoms with Crippen molar-refractivity contribution in [3.8, 4) is 44.5 Å². The van der Waals surface area contributed by atoms with E-state index in [1.165, 1.54) is 66.8 Å². The van der Waals surface area contributed by atoms with E-state index in [1.807, 2.05) is 12.2 Å². The minimum Gasteiger partial charge on any atom is -0.310 e. The molecule has 10 aromatic rings. The molecule has 2 heteroatoms. The molecule has 0 N–H and O–H groups in total. The molecule has 0 bridgehead atoms. The Labute approximate surface area is 411 Å². The van der Waals surface area contributed by atoms with Crippen LogP contribution < -0.4 is 9.80 Å². The van der Waals surface area contributed by atoms with Crippen molar-refractivity contribution in [3.63, 3.8) is 0 Å². The van der Waals surface area contributed by atoms with Crippen molar-refractivity contribution in [1.29, 1.82) is 0 Å². The lowest BCUT2D eigenvalue weighted by molar-refractivity contribution is 0.768. The van der Waals surface area contributed by atoms with Crippen molar-refractivity contribution < 1.29 is 0 Å². The fourth-order valence-corrected chi connectivity index (χ4v) is 11.1. The Bertz CT molecular complexity index is 3550. The quantitative estimate of drug-likeness (QED) is 0.126. The largest absolute Gasteiger partial charge is 0.310 e. The molecule has 0 atom stereocenters. The minimum atomic E-state index is -0.520. The zero-order chi connectivity index (χ0) is 47.0. The van der Waals surface area contributed by atoms with Gasteiger partial charge in [-0.1, -0.05) is 213 Å². The smallest absolute Gasteiger partial charge is 0.0714 e. The summed E-state index contributed by atoms with van der Waals surface area (Å²) < 4.78 is 0. The summed E-state index contributed by atoms with van der Waals surface area (Å²) in [4.78, 5) is 4.80. The fraction of sp³-hybridized carbons (Fsp3) is 0.0294. The summed E-state index contributed by atoms with van der Waals surface area (Å²) in [6, 6.07) is 93.3. The second kappa shape index (κ2) is 17.9. The first-order chi connectivity index (χ1) is 34.6. The second-order valence-corrected chi connectivity index (χ2v) is 18.1. The van der Waals surface area contributed by atoms with Crippen molar-refractivity contribution in [2.75, 3.05) is 9.80 Å². The van der Waals surface area contributed by atoms with Crippen LogP contribution in [-0.4, -0.2) is 0 Å². The van der Waals surface area contributed by atoms with Crippen LogP contribution in [0.15, 0.2) is 285 Å². The van der Waals surface area contributed by atoms with E-state index in [-0.39, 0.29) is 0 Å². The van der Waals surface area contributed by atoms with Gasteiger partial charge in [-0.05, 0) is 146 Å². The number of benzene rings is 10. The lowest BCUT2D eigenvalue weighted by Gasteiger charge is -2.35. The highest BCUT2D eigenvalue weighted by Gasteiger charge is 2.46. The first kappa shape index (κ1) is 42.4. The van der Waals surface area contributed by atoms with E-state index in [9.17, 15) is 0 Å². The summed E-state index contributed by atoms with van der Waals surface area (Å²) in [6.07, 6.45) is 6.06. The zero-order valence-corrected chi connectivity index (χ0v) is 39.1. The molecule has 12 rings (SSSR count). The van der Waals surface area contributed by atoms with Gasteiger partial charge < -0.3 is 9.80 Å². The molecular weight excluding hydrogens is 845 g/mol. The Morgan fingerprint density at radius 2 is 0.886 bits per heavy atom. The predicted molar refractivity (Wildman–Crippen MR) is 295 cm³/mol. The van der Waals surface area contributed by atoms with Gasteiger partial charge in [0, 0.05) is 34.0 Å². The van der Waals surface area contributed by atoms with Gasteiger partial charge in [0.1, 0.15) is 0 Å². The van der Waals surface area contributed by atoms with Crippen molar-refractivity contribution in [2.45, 2.75) is 12.3 Å². The molecule has 2 aliphatic rings. The standard InChI is InChI=1S/C68H50N2/c1-3-4-33-66-48(2)59-29-17-18-30-60(59)63-46-52(38-45-67(63)70(66)55-27-15-8-16-28-55)51-36-41-57(42-37-51)69(56-39-34-50(35-40-56)49-21-9-5-10-22-49)58-43-44-62-61-31-19-20-32-64(61)68(65(62)47-58,53-23-11-6-12-24-53)54-25-13-7-14-26-54/h3-47H,1H2,2H3/b33-4-. The zero-order valence-electron chi connectivity index (χ0n) is 39.1.